The van der Waals surface area contributed by atoms with Crippen LogP contribution in [0, 0.1) is 0 Å². The molecule has 2 aromatic heterocycles. The molecule has 7 heteroatoms. The smallest absolute Gasteiger partial charge is 0.289 e. The Kier molecular flexibility index (Phi) is 4.77. The predicted octanol–water partition coefficient (Wildman–Crippen LogP) is 3.08. The van der Waals surface area contributed by atoms with Crippen LogP contribution in [-0.4, -0.2) is 47.0 Å². The molecule has 0 radical (unpaired) electrons. The van der Waals surface area contributed by atoms with E-state index in [0.717, 1.165) is 5.56 Å². The summed E-state index contributed by atoms with van der Waals surface area (Å²) in [5.74, 6) is 0.275. The number of furan rings is 1. The van der Waals surface area contributed by atoms with Gasteiger partial charge in [-0.15, -0.1) is 11.8 Å². The van der Waals surface area contributed by atoms with E-state index in [1.807, 2.05) is 17.2 Å². The molecule has 2 atom stereocenters. The van der Waals surface area contributed by atoms with Crippen molar-refractivity contribution in [1.82, 2.24) is 9.80 Å². The van der Waals surface area contributed by atoms with E-state index in [1.54, 1.807) is 47.2 Å². The Morgan fingerprint density at radius 2 is 2.26 bits per heavy atom. The Balaban J connectivity index is 1.65. The molecule has 3 heterocycles. The Hall–Kier alpha value is -1.73. The first-order chi connectivity index (χ1) is 11.1. The Morgan fingerprint density at radius 1 is 1.43 bits per heavy atom. The number of hydrogen-bond donors (Lipinski definition) is 0. The van der Waals surface area contributed by atoms with Crippen molar-refractivity contribution < 1.29 is 14.0 Å². The summed E-state index contributed by atoms with van der Waals surface area (Å²) >= 11 is 3.29. The molecule has 0 unspecified atom stereocenters. The van der Waals surface area contributed by atoms with E-state index in [0.29, 0.717) is 18.8 Å². The molecule has 5 nitrogen and oxygen atoms in total. The van der Waals surface area contributed by atoms with Gasteiger partial charge in [0.1, 0.15) is 5.37 Å². The normalized spacial score (nSPS) is 21.0. The van der Waals surface area contributed by atoms with Crippen LogP contribution in [0.2, 0.25) is 0 Å². The predicted molar refractivity (Wildman–Crippen MR) is 91.5 cm³/mol. The van der Waals surface area contributed by atoms with Crippen molar-refractivity contribution in [3.05, 3.63) is 46.5 Å². The number of nitrogens with zero attached hydrogens (tertiary/aromatic N) is 2. The molecule has 1 saturated heterocycles. The van der Waals surface area contributed by atoms with Crippen LogP contribution in [0.3, 0.4) is 0 Å². The summed E-state index contributed by atoms with van der Waals surface area (Å²) in [7, 11) is 1.72. The van der Waals surface area contributed by atoms with Gasteiger partial charge in [-0.2, -0.15) is 11.3 Å². The van der Waals surface area contributed by atoms with Crippen molar-refractivity contribution in [2.24, 2.45) is 0 Å². The van der Waals surface area contributed by atoms with Crippen molar-refractivity contribution in [1.29, 1.82) is 0 Å². The molecule has 1 aliphatic rings. The highest BCUT2D eigenvalue weighted by atomic mass is 32.2. The fourth-order valence-electron chi connectivity index (χ4n) is 2.52. The van der Waals surface area contributed by atoms with Gasteiger partial charge >= 0.3 is 0 Å². The minimum atomic E-state index is -0.172. The van der Waals surface area contributed by atoms with Crippen LogP contribution in [0.5, 0.6) is 0 Å². The highest BCUT2D eigenvalue weighted by Gasteiger charge is 2.38. The van der Waals surface area contributed by atoms with Crippen molar-refractivity contribution in [3.63, 3.8) is 0 Å². The molecule has 23 heavy (non-hydrogen) atoms. The standard InChI is InChI=1S/C16H18N2O3S2/c1-11-14(19)18(16(23-11)12-5-9-22-10-12)7-6-17(2)15(20)13-4-3-8-21-13/h3-5,8-11,16H,6-7H2,1-2H3/t11-,16-/m1/s1. The third-order valence-electron chi connectivity index (χ3n) is 3.83. The van der Waals surface area contributed by atoms with Crippen LogP contribution in [0.15, 0.2) is 39.6 Å². The minimum absolute atomic E-state index is 0.0378. The van der Waals surface area contributed by atoms with Crippen LogP contribution >= 0.6 is 23.1 Å². The van der Waals surface area contributed by atoms with Gasteiger partial charge in [0, 0.05) is 20.1 Å². The highest BCUT2D eigenvalue weighted by Crippen LogP contribution is 2.43. The maximum Gasteiger partial charge on any atom is 0.289 e. The molecule has 0 spiro atoms. The van der Waals surface area contributed by atoms with E-state index in [4.69, 9.17) is 4.42 Å². The van der Waals surface area contributed by atoms with Crippen molar-refractivity contribution in [3.8, 4) is 0 Å². The lowest BCUT2D eigenvalue weighted by Gasteiger charge is -2.26. The first-order valence-electron chi connectivity index (χ1n) is 7.35. The molecule has 0 saturated carbocycles. The summed E-state index contributed by atoms with van der Waals surface area (Å²) < 4.78 is 5.13. The molecule has 0 aromatic carbocycles. The monoisotopic (exact) mass is 350 g/mol. The van der Waals surface area contributed by atoms with E-state index in [1.165, 1.54) is 6.26 Å². The molecule has 1 fully saturated rings. The molecule has 3 rings (SSSR count). The highest BCUT2D eigenvalue weighted by molar-refractivity contribution is 8.01. The zero-order valence-electron chi connectivity index (χ0n) is 13.0. The Labute approximate surface area is 143 Å². The summed E-state index contributed by atoms with van der Waals surface area (Å²) in [5.41, 5.74) is 1.15. The summed E-state index contributed by atoms with van der Waals surface area (Å²) in [6, 6.07) is 5.39. The van der Waals surface area contributed by atoms with Crippen molar-refractivity contribution in [2.45, 2.75) is 17.5 Å². The quantitative estimate of drug-likeness (QED) is 0.832. The largest absolute Gasteiger partial charge is 0.459 e. The van der Waals surface area contributed by atoms with E-state index in [9.17, 15) is 9.59 Å². The van der Waals surface area contributed by atoms with E-state index >= 15 is 0 Å². The van der Waals surface area contributed by atoms with Gasteiger partial charge in [0.25, 0.3) is 5.91 Å². The number of thiophene rings is 1. The third kappa shape index (κ3) is 3.30. The van der Waals surface area contributed by atoms with Gasteiger partial charge in [0.2, 0.25) is 5.91 Å². The first-order valence-corrected chi connectivity index (χ1v) is 9.23. The number of likely N-dealkylation sites (N-methyl/N-ethyl adjacent to an activating group) is 1. The molecular weight excluding hydrogens is 332 g/mol. The third-order valence-corrected chi connectivity index (χ3v) is 5.93. The van der Waals surface area contributed by atoms with Crippen LogP contribution < -0.4 is 0 Å². The van der Waals surface area contributed by atoms with Crippen molar-refractivity contribution >= 4 is 34.9 Å². The summed E-state index contributed by atoms with van der Waals surface area (Å²) in [6.45, 7) is 2.92. The maximum atomic E-state index is 12.4. The van der Waals surface area contributed by atoms with E-state index in [2.05, 4.69) is 11.4 Å². The molecule has 0 aliphatic carbocycles. The van der Waals surface area contributed by atoms with E-state index < -0.39 is 0 Å². The number of hydrogen-bond acceptors (Lipinski definition) is 5. The van der Waals surface area contributed by atoms with Gasteiger partial charge in [-0.25, -0.2) is 0 Å². The molecule has 122 valence electrons. The van der Waals surface area contributed by atoms with Gasteiger partial charge < -0.3 is 14.2 Å². The second-order valence-electron chi connectivity index (χ2n) is 5.42. The fourth-order valence-corrected chi connectivity index (χ4v) is 4.59. The average molecular weight is 350 g/mol. The lowest BCUT2D eigenvalue weighted by Crippen LogP contribution is -2.38. The number of rotatable bonds is 5. The summed E-state index contributed by atoms with van der Waals surface area (Å²) in [4.78, 5) is 28.1. The average Bonchev–Trinajstić information content (AvgIpc) is 3.27. The molecule has 1 aliphatic heterocycles. The number of amides is 2. The Morgan fingerprint density at radius 3 is 2.91 bits per heavy atom. The molecule has 0 bridgehead atoms. The van der Waals surface area contributed by atoms with Gasteiger partial charge in [-0.05, 0) is 41.4 Å². The zero-order chi connectivity index (χ0) is 16.4. The van der Waals surface area contributed by atoms with Gasteiger partial charge in [0.15, 0.2) is 5.76 Å². The topological polar surface area (TPSA) is 53.8 Å². The van der Waals surface area contributed by atoms with Gasteiger partial charge in [0.05, 0.1) is 11.5 Å². The minimum Gasteiger partial charge on any atom is -0.459 e. The first kappa shape index (κ1) is 16.1. The Bertz CT molecular complexity index is 670. The van der Waals surface area contributed by atoms with Crippen molar-refractivity contribution in [2.75, 3.05) is 20.1 Å². The maximum absolute atomic E-state index is 12.4. The molecule has 2 amide bonds. The summed E-state index contributed by atoms with van der Waals surface area (Å²) in [6.07, 6.45) is 1.48. The van der Waals surface area contributed by atoms with Crippen LogP contribution in [-0.2, 0) is 4.79 Å². The van der Waals surface area contributed by atoms with Crippen LogP contribution in [0.1, 0.15) is 28.4 Å². The van der Waals surface area contributed by atoms with Crippen LogP contribution in [0.25, 0.3) is 0 Å². The van der Waals surface area contributed by atoms with Gasteiger partial charge in [-0.1, -0.05) is 0 Å². The second-order valence-corrected chi connectivity index (χ2v) is 7.63. The summed E-state index contributed by atoms with van der Waals surface area (Å²) in [5, 5.41) is 4.09. The lowest BCUT2D eigenvalue weighted by atomic mass is 10.2. The SMILES string of the molecule is C[C@H]1S[C@H](c2ccsc2)N(CCN(C)C(=O)c2ccco2)C1=O. The van der Waals surface area contributed by atoms with Crippen LogP contribution in [0.4, 0.5) is 0 Å². The number of carbonyl (C=O) groups is 2. The molecule has 0 N–H and O–H groups in total. The number of thioether (sulfide) groups is 1. The molecular formula is C16H18N2O3S2. The molecule has 2 aromatic rings. The fraction of sp³-hybridized carbons (Fsp3) is 0.375. The van der Waals surface area contributed by atoms with Gasteiger partial charge in [-0.3, -0.25) is 9.59 Å². The second kappa shape index (κ2) is 6.80. The zero-order valence-corrected chi connectivity index (χ0v) is 14.6. The van der Waals surface area contributed by atoms with E-state index in [-0.39, 0.29) is 22.4 Å². The number of carbonyl (C=O) groups excluding carboxylic acids is 2. The lowest BCUT2D eigenvalue weighted by molar-refractivity contribution is -0.129.